The van der Waals surface area contributed by atoms with Crippen molar-refractivity contribution < 1.29 is 14.3 Å². The van der Waals surface area contributed by atoms with Crippen LogP contribution >= 0.6 is 0 Å². The van der Waals surface area contributed by atoms with Crippen molar-refractivity contribution in [1.29, 1.82) is 0 Å². The maximum atomic E-state index is 13.7. The fourth-order valence-electron chi connectivity index (χ4n) is 4.39. The van der Waals surface area contributed by atoms with Gasteiger partial charge in [-0.3, -0.25) is 4.79 Å². The van der Waals surface area contributed by atoms with Gasteiger partial charge in [0.25, 0.3) is 5.91 Å². The van der Waals surface area contributed by atoms with Gasteiger partial charge in [-0.1, -0.05) is 30.3 Å². The van der Waals surface area contributed by atoms with E-state index in [1.54, 1.807) is 36.2 Å². The summed E-state index contributed by atoms with van der Waals surface area (Å²) in [6, 6.07) is 12.8. The van der Waals surface area contributed by atoms with Gasteiger partial charge >= 0.3 is 0 Å². The summed E-state index contributed by atoms with van der Waals surface area (Å²) in [7, 11) is 0. The van der Waals surface area contributed by atoms with E-state index in [1.807, 2.05) is 30.3 Å². The molecule has 34 heavy (non-hydrogen) atoms. The first-order valence-corrected chi connectivity index (χ1v) is 10.9. The summed E-state index contributed by atoms with van der Waals surface area (Å²) in [6.07, 6.45) is 3.82. The lowest BCUT2D eigenvalue weighted by atomic mass is 9.86. The van der Waals surface area contributed by atoms with Crippen molar-refractivity contribution in [2.24, 2.45) is 0 Å². The second-order valence-corrected chi connectivity index (χ2v) is 8.65. The minimum Gasteiger partial charge on any atom is -0.461 e. The first-order chi connectivity index (χ1) is 16.4. The molecule has 0 spiro atoms. The van der Waals surface area contributed by atoms with Gasteiger partial charge in [0.15, 0.2) is 22.6 Å². The molecule has 0 bridgehead atoms. The van der Waals surface area contributed by atoms with E-state index in [1.165, 1.54) is 4.52 Å². The van der Waals surface area contributed by atoms with Crippen molar-refractivity contribution in [3.8, 4) is 11.6 Å². The number of anilines is 1. The molecule has 0 aliphatic heterocycles. The molecule has 0 radical (unpaired) electrons. The Morgan fingerprint density at radius 3 is 2.68 bits per heavy atom. The first kappa shape index (κ1) is 20.4. The van der Waals surface area contributed by atoms with Crippen LogP contribution in [-0.4, -0.2) is 52.5 Å². The number of benzene rings is 1. The molecule has 1 unspecified atom stereocenters. The second-order valence-electron chi connectivity index (χ2n) is 8.65. The van der Waals surface area contributed by atoms with Gasteiger partial charge in [-0.05, 0) is 37.5 Å². The van der Waals surface area contributed by atoms with Crippen molar-refractivity contribution in [1.82, 2.24) is 34.7 Å². The van der Waals surface area contributed by atoms with Crippen molar-refractivity contribution in [3.63, 3.8) is 0 Å². The smallest absolute Gasteiger partial charge is 0.252 e. The molecule has 172 valence electrons. The van der Waals surface area contributed by atoms with Crippen LogP contribution in [0.2, 0.25) is 0 Å². The summed E-state index contributed by atoms with van der Waals surface area (Å²) in [5, 5.41) is 22.3. The van der Waals surface area contributed by atoms with Gasteiger partial charge in [0.05, 0.1) is 24.0 Å². The quantitative estimate of drug-likeness (QED) is 0.360. The Morgan fingerprint density at radius 1 is 1.18 bits per heavy atom. The molecule has 1 fully saturated rings. The lowest BCUT2D eigenvalue weighted by Gasteiger charge is -2.36. The zero-order valence-electron chi connectivity index (χ0n) is 18.3. The van der Waals surface area contributed by atoms with E-state index in [9.17, 15) is 9.90 Å². The summed E-state index contributed by atoms with van der Waals surface area (Å²) in [6.45, 7) is 1.79. The molecule has 1 aliphatic carbocycles. The maximum absolute atomic E-state index is 13.7. The molecule has 6 rings (SSSR count). The summed E-state index contributed by atoms with van der Waals surface area (Å²) < 4.78 is 8.42. The van der Waals surface area contributed by atoms with E-state index in [0.29, 0.717) is 41.1 Å². The Morgan fingerprint density at radius 2 is 1.97 bits per heavy atom. The number of nitrogens with zero attached hydrogens (tertiary/aromatic N) is 6. The third-order valence-corrected chi connectivity index (χ3v) is 6.42. The van der Waals surface area contributed by atoms with Crippen LogP contribution in [0.4, 0.5) is 5.95 Å². The summed E-state index contributed by atoms with van der Waals surface area (Å²) in [5.74, 6) is 0.719. The van der Waals surface area contributed by atoms with E-state index >= 15 is 0 Å². The van der Waals surface area contributed by atoms with Gasteiger partial charge in [0.1, 0.15) is 0 Å². The molecular weight excluding hydrogens is 436 g/mol. The Kier molecular flexibility index (Phi) is 4.42. The Bertz CT molecular complexity index is 1500. The van der Waals surface area contributed by atoms with Gasteiger partial charge < -0.3 is 20.6 Å². The summed E-state index contributed by atoms with van der Waals surface area (Å²) >= 11 is 0. The van der Waals surface area contributed by atoms with Gasteiger partial charge in [-0.15, -0.1) is 5.10 Å². The molecule has 4 heterocycles. The van der Waals surface area contributed by atoms with Gasteiger partial charge in [0, 0.05) is 6.04 Å². The first-order valence-electron chi connectivity index (χ1n) is 10.9. The second kappa shape index (κ2) is 7.39. The number of nitrogen functional groups attached to an aromatic ring is 1. The van der Waals surface area contributed by atoms with Crippen LogP contribution in [0.25, 0.3) is 28.3 Å². The summed E-state index contributed by atoms with van der Waals surface area (Å²) in [4.78, 5) is 22.8. The fourth-order valence-corrected chi connectivity index (χ4v) is 4.39. The molecule has 0 saturated heterocycles. The number of nitrogens with one attached hydrogen (secondary N) is 1. The lowest BCUT2D eigenvalue weighted by Crippen LogP contribution is -2.55. The van der Waals surface area contributed by atoms with Crippen LogP contribution in [0.3, 0.4) is 0 Å². The largest absolute Gasteiger partial charge is 0.461 e. The van der Waals surface area contributed by atoms with Crippen LogP contribution in [0.5, 0.6) is 0 Å². The predicted molar refractivity (Wildman–Crippen MR) is 123 cm³/mol. The molecule has 1 aromatic carbocycles. The SMILES string of the molecule is CC(C(=O)NC1CC(O)C1)(c1ccccc1)n1ncc2c1nc(N)n1nc(-c3ccco3)nc21. The van der Waals surface area contributed by atoms with E-state index in [2.05, 4.69) is 25.5 Å². The zero-order chi connectivity index (χ0) is 23.4. The number of hydrogen-bond acceptors (Lipinski definition) is 8. The average molecular weight is 458 g/mol. The number of aliphatic hydroxyl groups is 1. The number of rotatable bonds is 5. The number of fused-ring (bicyclic) bond motifs is 3. The number of carbonyl (C=O) groups excluding carboxylic acids is 1. The van der Waals surface area contributed by atoms with Gasteiger partial charge in [-0.2, -0.15) is 14.6 Å². The van der Waals surface area contributed by atoms with Crippen molar-refractivity contribution in [2.75, 3.05) is 5.73 Å². The highest BCUT2D eigenvalue weighted by Gasteiger charge is 2.42. The number of amides is 1. The molecule has 11 heteroatoms. The van der Waals surface area contributed by atoms with Gasteiger partial charge in [0.2, 0.25) is 11.8 Å². The third kappa shape index (κ3) is 2.97. The molecule has 1 atom stereocenters. The molecule has 4 aromatic heterocycles. The number of aliphatic hydroxyl groups excluding tert-OH is 1. The summed E-state index contributed by atoms with van der Waals surface area (Å²) in [5.41, 5.74) is 6.61. The fraction of sp³-hybridized carbons (Fsp3) is 0.261. The standard InChI is InChI=1S/C23H22N8O3/c1-23(13-6-3-2-4-7-13,21(33)26-14-10-15(32)11-14)31-20-16(12-25-31)19-27-18(17-8-5-9-34-17)29-30(19)22(24)28-20/h2-9,12,14-15,32H,10-11H2,1H3,(H2,24,28)(H,26,33). The number of aromatic nitrogens is 6. The predicted octanol–water partition coefficient (Wildman–Crippen LogP) is 1.72. The van der Waals surface area contributed by atoms with E-state index in [4.69, 9.17) is 10.2 Å². The molecular formula is C23H22N8O3. The molecule has 4 N–H and O–H groups in total. The Balaban J connectivity index is 1.52. The van der Waals surface area contributed by atoms with Crippen LogP contribution in [0.15, 0.2) is 59.3 Å². The highest BCUT2D eigenvalue weighted by molar-refractivity contribution is 5.94. The minimum absolute atomic E-state index is 0.0931. The van der Waals surface area contributed by atoms with Crippen molar-refractivity contribution in [3.05, 3.63) is 60.5 Å². The van der Waals surface area contributed by atoms with E-state index in [-0.39, 0.29) is 24.0 Å². The van der Waals surface area contributed by atoms with Crippen LogP contribution in [-0.2, 0) is 10.3 Å². The average Bonchev–Trinajstić information content (AvgIpc) is 3.57. The maximum Gasteiger partial charge on any atom is 0.252 e. The minimum atomic E-state index is -1.23. The number of carbonyl (C=O) groups is 1. The van der Waals surface area contributed by atoms with E-state index < -0.39 is 5.54 Å². The van der Waals surface area contributed by atoms with Crippen LogP contribution in [0, 0.1) is 0 Å². The molecule has 1 amide bonds. The number of nitrogens with two attached hydrogens (primary N) is 1. The normalized spacial score (nSPS) is 19.7. The highest BCUT2D eigenvalue weighted by atomic mass is 16.3. The van der Waals surface area contributed by atoms with E-state index in [0.717, 1.165) is 5.56 Å². The molecule has 11 nitrogen and oxygen atoms in total. The molecule has 1 aliphatic rings. The zero-order valence-corrected chi connectivity index (χ0v) is 18.3. The Labute approximate surface area is 193 Å². The number of hydrogen-bond donors (Lipinski definition) is 3. The Hall–Kier alpha value is -4.25. The molecule has 1 saturated carbocycles. The monoisotopic (exact) mass is 458 g/mol. The van der Waals surface area contributed by atoms with Gasteiger partial charge in [-0.25, -0.2) is 9.67 Å². The van der Waals surface area contributed by atoms with Crippen LogP contribution in [0.1, 0.15) is 25.3 Å². The molecule has 5 aromatic rings. The third-order valence-electron chi connectivity index (χ3n) is 6.42. The van der Waals surface area contributed by atoms with Crippen LogP contribution < -0.4 is 11.1 Å². The topological polar surface area (TPSA) is 149 Å². The van der Waals surface area contributed by atoms with Crippen molar-refractivity contribution in [2.45, 2.75) is 37.5 Å². The number of furan rings is 1. The highest BCUT2D eigenvalue weighted by Crippen LogP contribution is 2.32. The lowest BCUT2D eigenvalue weighted by molar-refractivity contribution is -0.129. The van der Waals surface area contributed by atoms with Crippen molar-refractivity contribution >= 4 is 28.5 Å².